The van der Waals surface area contributed by atoms with Crippen molar-refractivity contribution in [1.29, 1.82) is 0 Å². The summed E-state index contributed by atoms with van der Waals surface area (Å²) in [7, 11) is 0. The van der Waals surface area contributed by atoms with Gasteiger partial charge >= 0.3 is 0 Å². The highest BCUT2D eigenvalue weighted by molar-refractivity contribution is 5.58. The van der Waals surface area contributed by atoms with Crippen molar-refractivity contribution in [2.75, 3.05) is 0 Å². The summed E-state index contributed by atoms with van der Waals surface area (Å²) < 4.78 is 13.1. The summed E-state index contributed by atoms with van der Waals surface area (Å²) in [4.78, 5) is 7.66. The largest absolute Gasteiger partial charge is 0.392 e. The van der Waals surface area contributed by atoms with Crippen LogP contribution in [-0.2, 0) is 6.61 Å². The van der Waals surface area contributed by atoms with Gasteiger partial charge in [0.15, 0.2) is 0 Å². The van der Waals surface area contributed by atoms with Gasteiger partial charge in [0.25, 0.3) is 0 Å². The third-order valence-corrected chi connectivity index (χ3v) is 1.99. The molecule has 0 saturated heterocycles. The molecule has 0 aliphatic carbocycles. The molecule has 4 heteroatoms. The summed E-state index contributed by atoms with van der Waals surface area (Å²) in [5.41, 5.74) is 1.71. The fraction of sp³-hybridized carbons (Fsp3) is 0.0909. The van der Waals surface area contributed by atoms with Crippen LogP contribution in [0.4, 0.5) is 4.39 Å². The second kappa shape index (κ2) is 4.14. The number of pyridine rings is 2. The highest BCUT2D eigenvalue weighted by Gasteiger charge is 2.03. The predicted octanol–water partition coefficient (Wildman–Crippen LogP) is 1.77. The number of hydrogen-bond donors (Lipinski definition) is 1. The molecule has 1 N–H and O–H groups in total. The first kappa shape index (κ1) is 9.73. The first-order chi connectivity index (χ1) is 7.29. The topological polar surface area (TPSA) is 46.0 Å². The van der Waals surface area contributed by atoms with Gasteiger partial charge in [-0.25, -0.2) is 4.98 Å². The van der Waals surface area contributed by atoms with Crippen molar-refractivity contribution in [3.05, 3.63) is 48.2 Å². The van der Waals surface area contributed by atoms with Crippen molar-refractivity contribution < 1.29 is 9.50 Å². The van der Waals surface area contributed by atoms with Crippen molar-refractivity contribution in [1.82, 2.24) is 9.97 Å². The standard InChI is InChI=1S/C11H9FN2O/c12-11-5-8(7-15)4-10(14-11)9-2-1-3-13-6-9/h1-6,15H,7H2. The second-order valence-corrected chi connectivity index (χ2v) is 3.08. The van der Waals surface area contributed by atoms with E-state index in [1.807, 2.05) is 0 Å². The Hall–Kier alpha value is -1.81. The highest BCUT2D eigenvalue weighted by Crippen LogP contribution is 2.17. The molecular weight excluding hydrogens is 195 g/mol. The summed E-state index contributed by atoms with van der Waals surface area (Å²) in [5, 5.41) is 8.92. The van der Waals surface area contributed by atoms with Crippen LogP contribution in [0.1, 0.15) is 5.56 Å². The third kappa shape index (κ3) is 2.16. The van der Waals surface area contributed by atoms with Gasteiger partial charge in [0.1, 0.15) is 0 Å². The Balaban J connectivity index is 2.49. The van der Waals surface area contributed by atoms with E-state index in [1.54, 1.807) is 30.6 Å². The molecule has 2 aromatic rings. The van der Waals surface area contributed by atoms with Crippen molar-refractivity contribution in [3.63, 3.8) is 0 Å². The van der Waals surface area contributed by atoms with Gasteiger partial charge in [-0.15, -0.1) is 0 Å². The van der Waals surface area contributed by atoms with Crippen molar-refractivity contribution >= 4 is 0 Å². The molecule has 0 fully saturated rings. The molecule has 0 bridgehead atoms. The Bertz CT molecular complexity index is 459. The molecule has 0 spiro atoms. The van der Waals surface area contributed by atoms with Gasteiger partial charge in [0.2, 0.25) is 5.95 Å². The Morgan fingerprint density at radius 1 is 1.33 bits per heavy atom. The maximum Gasteiger partial charge on any atom is 0.213 e. The summed E-state index contributed by atoms with van der Waals surface area (Å²) >= 11 is 0. The van der Waals surface area contributed by atoms with Gasteiger partial charge < -0.3 is 5.11 Å². The molecule has 0 amide bonds. The van der Waals surface area contributed by atoms with Gasteiger partial charge in [-0.05, 0) is 29.8 Å². The number of halogens is 1. The Morgan fingerprint density at radius 3 is 2.87 bits per heavy atom. The summed E-state index contributed by atoms with van der Waals surface area (Å²) in [6.45, 7) is -0.202. The molecule has 0 atom stereocenters. The smallest absolute Gasteiger partial charge is 0.213 e. The first-order valence-corrected chi connectivity index (χ1v) is 4.47. The fourth-order valence-electron chi connectivity index (χ4n) is 1.30. The number of hydrogen-bond acceptors (Lipinski definition) is 3. The minimum atomic E-state index is -0.597. The molecule has 0 saturated carbocycles. The van der Waals surface area contributed by atoms with E-state index >= 15 is 0 Å². The second-order valence-electron chi connectivity index (χ2n) is 3.08. The van der Waals surface area contributed by atoms with Crippen LogP contribution in [0.25, 0.3) is 11.3 Å². The van der Waals surface area contributed by atoms with E-state index in [-0.39, 0.29) is 6.61 Å². The van der Waals surface area contributed by atoms with Gasteiger partial charge in [-0.1, -0.05) is 0 Å². The van der Waals surface area contributed by atoms with E-state index in [0.29, 0.717) is 11.3 Å². The number of aromatic nitrogens is 2. The molecule has 0 radical (unpaired) electrons. The Labute approximate surface area is 86.3 Å². The van der Waals surface area contributed by atoms with Crippen LogP contribution in [0.2, 0.25) is 0 Å². The normalized spacial score (nSPS) is 10.3. The zero-order valence-corrected chi connectivity index (χ0v) is 7.89. The summed E-state index contributed by atoms with van der Waals surface area (Å²) in [6, 6.07) is 6.39. The van der Waals surface area contributed by atoms with Crippen molar-refractivity contribution in [2.45, 2.75) is 6.61 Å². The molecule has 0 aliphatic rings. The average molecular weight is 204 g/mol. The monoisotopic (exact) mass is 204 g/mol. The average Bonchev–Trinajstić information content (AvgIpc) is 2.29. The maximum atomic E-state index is 13.1. The van der Waals surface area contributed by atoms with Crippen LogP contribution in [0.15, 0.2) is 36.7 Å². The molecular formula is C11H9FN2O. The number of aliphatic hydroxyl groups is 1. The molecule has 15 heavy (non-hydrogen) atoms. The van der Waals surface area contributed by atoms with E-state index in [2.05, 4.69) is 9.97 Å². The van der Waals surface area contributed by atoms with Crippen LogP contribution >= 0.6 is 0 Å². The zero-order valence-electron chi connectivity index (χ0n) is 7.89. The lowest BCUT2D eigenvalue weighted by Gasteiger charge is -2.02. The molecule has 0 unspecified atom stereocenters. The van der Waals surface area contributed by atoms with Gasteiger partial charge in [-0.3, -0.25) is 4.98 Å². The third-order valence-electron chi connectivity index (χ3n) is 1.99. The van der Waals surface area contributed by atoms with Gasteiger partial charge in [-0.2, -0.15) is 4.39 Å². The molecule has 76 valence electrons. The SMILES string of the molecule is OCc1cc(F)nc(-c2cccnc2)c1. The van der Waals surface area contributed by atoms with Crippen LogP contribution in [-0.4, -0.2) is 15.1 Å². The molecule has 3 nitrogen and oxygen atoms in total. The minimum absolute atomic E-state index is 0.202. The Morgan fingerprint density at radius 2 is 2.20 bits per heavy atom. The van der Waals surface area contributed by atoms with Gasteiger partial charge in [0.05, 0.1) is 12.3 Å². The summed E-state index contributed by atoms with van der Waals surface area (Å²) in [6.07, 6.45) is 3.23. The van der Waals surface area contributed by atoms with Crippen molar-refractivity contribution in [3.8, 4) is 11.3 Å². The van der Waals surface area contributed by atoms with Crippen LogP contribution in [0.3, 0.4) is 0 Å². The summed E-state index contributed by atoms with van der Waals surface area (Å²) in [5.74, 6) is -0.597. The molecule has 2 rings (SSSR count). The maximum absolute atomic E-state index is 13.1. The molecule has 2 aromatic heterocycles. The number of aliphatic hydroxyl groups excluding tert-OH is 1. The fourth-order valence-corrected chi connectivity index (χ4v) is 1.30. The van der Waals surface area contributed by atoms with E-state index in [9.17, 15) is 4.39 Å². The van der Waals surface area contributed by atoms with E-state index in [1.165, 1.54) is 6.07 Å². The van der Waals surface area contributed by atoms with Crippen LogP contribution in [0, 0.1) is 5.95 Å². The Kier molecular flexibility index (Phi) is 2.69. The first-order valence-electron chi connectivity index (χ1n) is 4.47. The number of rotatable bonds is 2. The van der Waals surface area contributed by atoms with Crippen LogP contribution < -0.4 is 0 Å². The van der Waals surface area contributed by atoms with E-state index in [0.717, 1.165) is 5.56 Å². The van der Waals surface area contributed by atoms with E-state index < -0.39 is 5.95 Å². The molecule has 0 aromatic carbocycles. The number of nitrogens with zero attached hydrogens (tertiary/aromatic N) is 2. The zero-order chi connectivity index (χ0) is 10.7. The highest BCUT2D eigenvalue weighted by atomic mass is 19.1. The lowest BCUT2D eigenvalue weighted by atomic mass is 10.1. The lowest BCUT2D eigenvalue weighted by Crippen LogP contribution is -1.93. The molecule has 2 heterocycles. The lowest BCUT2D eigenvalue weighted by molar-refractivity contribution is 0.281. The van der Waals surface area contributed by atoms with Crippen molar-refractivity contribution in [2.24, 2.45) is 0 Å². The predicted molar refractivity (Wildman–Crippen MR) is 53.3 cm³/mol. The van der Waals surface area contributed by atoms with Crippen LogP contribution in [0.5, 0.6) is 0 Å². The van der Waals surface area contributed by atoms with E-state index in [4.69, 9.17) is 5.11 Å². The van der Waals surface area contributed by atoms with Gasteiger partial charge in [0, 0.05) is 18.0 Å². The molecule has 0 aliphatic heterocycles. The quantitative estimate of drug-likeness (QED) is 0.758. The minimum Gasteiger partial charge on any atom is -0.392 e.